The van der Waals surface area contributed by atoms with Crippen molar-refractivity contribution in [3.05, 3.63) is 16.1 Å². The predicted octanol–water partition coefficient (Wildman–Crippen LogP) is 1.75. The van der Waals surface area contributed by atoms with Gasteiger partial charge in [0, 0.05) is 17.5 Å². The molecule has 1 saturated heterocycles. The highest BCUT2D eigenvalue weighted by Gasteiger charge is 2.27. The maximum absolute atomic E-state index is 12.0. The summed E-state index contributed by atoms with van der Waals surface area (Å²) in [7, 11) is 0. The third-order valence-corrected chi connectivity index (χ3v) is 4.17. The maximum Gasteiger partial charge on any atom is 0.365 e. The van der Waals surface area contributed by atoms with E-state index in [1.165, 1.54) is 5.38 Å². The molecular formula is C12H17N3O3S. The zero-order valence-corrected chi connectivity index (χ0v) is 11.7. The molecule has 0 saturated carbocycles. The summed E-state index contributed by atoms with van der Waals surface area (Å²) in [6.07, 6.45) is 3.25. The maximum atomic E-state index is 12.0. The molecule has 2 unspecified atom stereocenters. The van der Waals surface area contributed by atoms with Crippen LogP contribution < -0.4 is 5.43 Å². The van der Waals surface area contributed by atoms with Gasteiger partial charge in [0.1, 0.15) is 5.69 Å². The van der Waals surface area contributed by atoms with Gasteiger partial charge in [-0.2, -0.15) is 0 Å². The fourth-order valence-electron chi connectivity index (χ4n) is 2.29. The highest BCUT2D eigenvalue weighted by atomic mass is 32.1. The Morgan fingerprint density at radius 3 is 2.58 bits per heavy atom. The molecule has 2 atom stereocenters. The lowest BCUT2D eigenvalue weighted by Crippen LogP contribution is -2.54. The minimum atomic E-state index is -1.11. The van der Waals surface area contributed by atoms with Gasteiger partial charge in [0.05, 0.1) is 0 Å². The number of carbonyl (C=O) groups is 2. The average Bonchev–Trinajstić information content (AvgIpc) is 2.83. The topological polar surface area (TPSA) is 82.5 Å². The number of nitrogens with zero attached hydrogens (tertiary/aromatic N) is 2. The molecule has 0 radical (unpaired) electrons. The lowest BCUT2D eigenvalue weighted by Gasteiger charge is -2.38. The molecule has 0 aromatic carbocycles. The number of hydrogen-bond acceptors (Lipinski definition) is 5. The number of piperidine rings is 1. The lowest BCUT2D eigenvalue weighted by atomic mass is 10.00. The average molecular weight is 283 g/mol. The quantitative estimate of drug-likeness (QED) is 0.883. The van der Waals surface area contributed by atoms with Gasteiger partial charge in [-0.05, 0) is 26.7 Å². The van der Waals surface area contributed by atoms with Crippen molar-refractivity contribution in [1.29, 1.82) is 0 Å². The van der Waals surface area contributed by atoms with Crippen molar-refractivity contribution in [3.8, 4) is 0 Å². The van der Waals surface area contributed by atoms with Crippen molar-refractivity contribution in [2.24, 2.45) is 0 Å². The summed E-state index contributed by atoms with van der Waals surface area (Å²) >= 11 is 0.960. The molecule has 104 valence electrons. The summed E-state index contributed by atoms with van der Waals surface area (Å²) < 4.78 is 0. The third-order valence-electron chi connectivity index (χ3n) is 3.34. The van der Waals surface area contributed by atoms with Crippen molar-refractivity contribution in [2.45, 2.75) is 45.2 Å². The Kier molecular flexibility index (Phi) is 4.16. The van der Waals surface area contributed by atoms with Gasteiger partial charge in [-0.15, -0.1) is 11.3 Å². The molecule has 0 spiro atoms. The minimum absolute atomic E-state index is 0.0649. The van der Waals surface area contributed by atoms with Crippen LogP contribution in [0.15, 0.2) is 5.38 Å². The van der Waals surface area contributed by atoms with Crippen molar-refractivity contribution in [2.75, 3.05) is 0 Å². The second-order valence-corrected chi connectivity index (χ2v) is 5.68. The van der Waals surface area contributed by atoms with Crippen LogP contribution in [0.4, 0.5) is 0 Å². The first-order valence-corrected chi connectivity index (χ1v) is 7.15. The van der Waals surface area contributed by atoms with Crippen LogP contribution in [-0.4, -0.2) is 39.1 Å². The van der Waals surface area contributed by atoms with E-state index in [0.29, 0.717) is 0 Å². The predicted molar refractivity (Wildman–Crippen MR) is 71.2 cm³/mol. The molecule has 1 aromatic rings. The number of carboxylic acids is 1. The summed E-state index contributed by atoms with van der Waals surface area (Å²) in [5, 5.41) is 12.1. The van der Waals surface area contributed by atoms with Gasteiger partial charge < -0.3 is 5.11 Å². The molecule has 19 heavy (non-hydrogen) atoms. The van der Waals surface area contributed by atoms with Crippen LogP contribution in [0.1, 0.15) is 53.4 Å². The van der Waals surface area contributed by atoms with Gasteiger partial charge in [0.25, 0.3) is 5.91 Å². The molecule has 2 rings (SSSR count). The Labute approximate surface area is 115 Å². The van der Waals surface area contributed by atoms with Crippen LogP contribution in [0.2, 0.25) is 0 Å². The summed E-state index contributed by atoms with van der Waals surface area (Å²) in [5.41, 5.74) is 2.99. The van der Waals surface area contributed by atoms with E-state index >= 15 is 0 Å². The number of aromatic nitrogens is 1. The Morgan fingerprint density at radius 2 is 2.05 bits per heavy atom. The molecule has 2 N–H and O–H groups in total. The number of rotatable bonds is 3. The Hall–Kier alpha value is -1.47. The number of nitrogens with one attached hydrogen (secondary N) is 1. The van der Waals surface area contributed by atoms with Crippen LogP contribution in [0.25, 0.3) is 0 Å². The first kappa shape index (κ1) is 14.0. The number of amides is 1. The van der Waals surface area contributed by atoms with E-state index in [1.807, 2.05) is 5.01 Å². The van der Waals surface area contributed by atoms with Gasteiger partial charge in [-0.25, -0.2) is 14.8 Å². The minimum Gasteiger partial charge on any atom is -0.476 e. The highest BCUT2D eigenvalue weighted by Crippen LogP contribution is 2.20. The number of thiazole rings is 1. The van der Waals surface area contributed by atoms with Crippen molar-refractivity contribution in [1.82, 2.24) is 15.4 Å². The van der Waals surface area contributed by atoms with Crippen molar-refractivity contribution >= 4 is 23.2 Å². The van der Waals surface area contributed by atoms with E-state index in [-0.39, 0.29) is 28.7 Å². The summed E-state index contributed by atoms with van der Waals surface area (Å²) in [5.74, 6) is -1.45. The number of hydrogen-bond donors (Lipinski definition) is 2. The van der Waals surface area contributed by atoms with E-state index in [0.717, 1.165) is 30.6 Å². The number of carboxylic acid groups (broad SMARTS) is 1. The fraction of sp³-hybridized carbons (Fsp3) is 0.583. The monoisotopic (exact) mass is 283 g/mol. The lowest BCUT2D eigenvalue weighted by molar-refractivity contribution is 0.0366. The zero-order chi connectivity index (χ0) is 14.0. The van der Waals surface area contributed by atoms with Crippen molar-refractivity contribution in [3.63, 3.8) is 0 Å². The zero-order valence-electron chi connectivity index (χ0n) is 10.9. The van der Waals surface area contributed by atoms with E-state index in [4.69, 9.17) is 5.11 Å². The van der Waals surface area contributed by atoms with Gasteiger partial charge in [-0.3, -0.25) is 10.2 Å². The van der Waals surface area contributed by atoms with E-state index in [9.17, 15) is 9.59 Å². The normalized spacial score (nSPS) is 24.1. The second-order valence-electron chi connectivity index (χ2n) is 4.82. The molecule has 1 aromatic heterocycles. The van der Waals surface area contributed by atoms with E-state index in [1.54, 1.807) is 0 Å². The Morgan fingerprint density at radius 1 is 1.42 bits per heavy atom. The Bertz CT molecular complexity index is 478. The first-order valence-electron chi connectivity index (χ1n) is 6.27. The molecule has 1 amide bonds. The first-order chi connectivity index (χ1) is 8.99. The molecular weight excluding hydrogens is 266 g/mol. The van der Waals surface area contributed by atoms with Crippen molar-refractivity contribution < 1.29 is 14.7 Å². The number of hydrazine groups is 1. The van der Waals surface area contributed by atoms with Crippen LogP contribution in [-0.2, 0) is 0 Å². The molecule has 1 fully saturated rings. The van der Waals surface area contributed by atoms with E-state index in [2.05, 4.69) is 24.3 Å². The van der Waals surface area contributed by atoms with Crippen LogP contribution in [0, 0.1) is 0 Å². The third kappa shape index (κ3) is 3.10. The molecule has 0 aliphatic carbocycles. The molecule has 1 aliphatic rings. The summed E-state index contributed by atoms with van der Waals surface area (Å²) in [6.45, 7) is 4.14. The largest absolute Gasteiger partial charge is 0.476 e. The smallest absolute Gasteiger partial charge is 0.365 e. The molecule has 1 aliphatic heterocycles. The fourth-order valence-corrected chi connectivity index (χ4v) is 2.93. The van der Waals surface area contributed by atoms with Crippen LogP contribution in [0.5, 0.6) is 0 Å². The SMILES string of the molecule is CC1CCCC(C)N1NC(=O)c1csc(C(=O)O)n1. The summed E-state index contributed by atoms with van der Waals surface area (Å²) in [4.78, 5) is 26.6. The Balaban J connectivity index is 2.05. The molecule has 0 bridgehead atoms. The highest BCUT2D eigenvalue weighted by molar-refractivity contribution is 7.11. The van der Waals surface area contributed by atoms with E-state index < -0.39 is 5.97 Å². The summed E-state index contributed by atoms with van der Waals surface area (Å²) in [6, 6.07) is 0.565. The van der Waals surface area contributed by atoms with Gasteiger partial charge >= 0.3 is 5.97 Å². The molecule has 7 heteroatoms. The molecule has 6 nitrogen and oxygen atoms in total. The van der Waals surface area contributed by atoms with Gasteiger partial charge in [0.15, 0.2) is 0 Å². The van der Waals surface area contributed by atoms with Crippen LogP contribution in [0.3, 0.4) is 0 Å². The van der Waals surface area contributed by atoms with Gasteiger partial charge in [0.2, 0.25) is 5.01 Å². The van der Waals surface area contributed by atoms with Gasteiger partial charge in [-0.1, -0.05) is 6.42 Å². The number of aromatic carboxylic acids is 1. The second kappa shape index (κ2) is 5.66. The number of carbonyl (C=O) groups excluding carboxylic acids is 1. The molecule has 2 heterocycles. The standard InChI is InChI=1S/C12H17N3O3S/c1-7-4-3-5-8(2)15(7)14-10(16)9-6-19-11(13-9)12(17)18/h6-8H,3-5H2,1-2H3,(H,14,16)(H,17,18). The van der Waals surface area contributed by atoms with Crippen LogP contribution >= 0.6 is 11.3 Å².